The Morgan fingerprint density at radius 2 is 2.00 bits per heavy atom. The van der Waals surface area contributed by atoms with Gasteiger partial charge in [-0.3, -0.25) is 4.79 Å². The maximum absolute atomic E-state index is 12.8. The van der Waals surface area contributed by atoms with Crippen LogP contribution in [-0.2, 0) is 14.8 Å². The van der Waals surface area contributed by atoms with Crippen molar-refractivity contribution in [3.63, 3.8) is 0 Å². The lowest BCUT2D eigenvalue weighted by Crippen LogP contribution is -2.38. The highest BCUT2D eigenvalue weighted by molar-refractivity contribution is 7.89. The fourth-order valence-corrected chi connectivity index (χ4v) is 3.85. The summed E-state index contributed by atoms with van der Waals surface area (Å²) in [5.74, 6) is -0.784. The summed E-state index contributed by atoms with van der Waals surface area (Å²) in [6, 6.07) is 4.54. The number of hydrogen-bond donors (Lipinski definition) is 1. The van der Waals surface area contributed by atoms with Crippen LogP contribution in [0.4, 0.5) is 0 Å². The predicted octanol–water partition coefficient (Wildman–Crippen LogP) is 1.88. The minimum absolute atomic E-state index is 0.0593. The number of carboxylic acids is 1. The van der Waals surface area contributed by atoms with E-state index < -0.39 is 16.0 Å². The minimum atomic E-state index is -3.82. The third kappa shape index (κ3) is 4.18. The maximum Gasteiger partial charge on any atom is 0.304 e. The average molecular weight is 315 g/mol. The molecule has 0 fully saturated rings. The van der Waals surface area contributed by atoms with Crippen molar-refractivity contribution >= 4 is 16.0 Å². The van der Waals surface area contributed by atoms with E-state index in [1.54, 1.807) is 32.9 Å². The summed E-state index contributed by atoms with van der Waals surface area (Å²) in [6.45, 7) is 5.13. The molecular weight excluding hydrogens is 294 g/mol. The minimum Gasteiger partial charge on any atom is -0.495 e. The van der Waals surface area contributed by atoms with Crippen molar-refractivity contribution < 1.29 is 23.1 Å². The highest BCUT2D eigenvalue weighted by Gasteiger charge is 2.30. The van der Waals surface area contributed by atoms with E-state index in [1.807, 2.05) is 0 Å². The molecule has 118 valence electrons. The molecule has 0 radical (unpaired) electrons. The maximum atomic E-state index is 12.8. The van der Waals surface area contributed by atoms with Crippen LogP contribution in [0.1, 0.15) is 25.8 Å². The van der Waals surface area contributed by atoms with E-state index in [4.69, 9.17) is 9.84 Å². The van der Waals surface area contributed by atoms with E-state index in [9.17, 15) is 13.2 Å². The lowest BCUT2D eigenvalue weighted by Gasteiger charge is -2.26. The molecule has 1 N–H and O–H groups in total. The number of nitrogens with zero attached hydrogens (tertiary/aromatic N) is 1. The summed E-state index contributed by atoms with van der Waals surface area (Å²) in [5.41, 5.74) is 0.788. The van der Waals surface area contributed by atoms with Gasteiger partial charge in [-0.25, -0.2) is 8.42 Å². The monoisotopic (exact) mass is 315 g/mol. The van der Waals surface area contributed by atoms with Gasteiger partial charge in [-0.05, 0) is 38.5 Å². The Labute approximate surface area is 125 Å². The Balaban J connectivity index is 3.28. The number of benzene rings is 1. The first-order valence-electron chi connectivity index (χ1n) is 6.58. The molecule has 0 unspecified atom stereocenters. The van der Waals surface area contributed by atoms with Crippen molar-refractivity contribution in [2.45, 2.75) is 38.1 Å². The SMILES string of the molecule is COc1ccc(C)cc1S(=O)(=O)N(CCC(=O)O)C(C)C. The van der Waals surface area contributed by atoms with Gasteiger partial charge < -0.3 is 9.84 Å². The molecule has 1 aromatic carbocycles. The van der Waals surface area contributed by atoms with E-state index in [1.165, 1.54) is 17.5 Å². The first kappa shape index (κ1) is 17.5. The predicted molar refractivity (Wildman–Crippen MR) is 79.0 cm³/mol. The standard InChI is InChI=1S/C14H21NO5S/c1-10(2)15(8-7-14(16)17)21(18,19)13-9-11(3)5-6-12(13)20-4/h5-6,9-10H,7-8H2,1-4H3,(H,16,17). The molecule has 0 atom stereocenters. The fourth-order valence-electron chi connectivity index (χ4n) is 1.97. The zero-order chi connectivity index (χ0) is 16.2. The van der Waals surface area contributed by atoms with Gasteiger partial charge >= 0.3 is 5.97 Å². The smallest absolute Gasteiger partial charge is 0.304 e. The molecule has 0 bridgehead atoms. The van der Waals surface area contributed by atoms with Crippen LogP contribution in [0.5, 0.6) is 5.75 Å². The van der Waals surface area contributed by atoms with Crippen LogP contribution in [0.15, 0.2) is 23.1 Å². The molecule has 0 aromatic heterocycles. The van der Waals surface area contributed by atoms with Crippen LogP contribution in [-0.4, -0.2) is 43.5 Å². The molecular formula is C14H21NO5S. The number of hydrogen-bond acceptors (Lipinski definition) is 4. The van der Waals surface area contributed by atoms with Crippen LogP contribution in [0.2, 0.25) is 0 Å². The number of carboxylic acid groups (broad SMARTS) is 1. The summed E-state index contributed by atoms with van der Waals surface area (Å²) in [4.78, 5) is 10.8. The zero-order valence-corrected chi connectivity index (χ0v) is 13.5. The second kappa shape index (κ2) is 6.91. The number of aliphatic carboxylic acids is 1. The van der Waals surface area contributed by atoms with E-state index in [-0.39, 0.29) is 29.7 Å². The Morgan fingerprint density at radius 3 is 2.48 bits per heavy atom. The van der Waals surface area contributed by atoms with Gasteiger partial charge in [-0.2, -0.15) is 4.31 Å². The first-order chi connectivity index (χ1) is 9.70. The third-order valence-corrected chi connectivity index (χ3v) is 5.12. The van der Waals surface area contributed by atoms with Gasteiger partial charge in [-0.15, -0.1) is 0 Å². The van der Waals surface area contributed by atoms with Crippen LogP contribution >= 0.6 is 0 Å². The molecule has 0 saturated carbocycles. The number of rotatable bonds is 7. The molecule has 21 heavy (non-hydrogen) atoms. The summed E-state index contributed by atoms with van der Waals surface area (Å²) in [7, 11) is -2.41. The Morgan fingerprint density at radius 1 is 1.38 bits per heavy atom. The van der Waals surface area contributed by atoms with Gasteiger partial charge in [0.25, 0.3) is 0 Å². The molecule has 6 nitrogen and oxygen atoms in total. The topological polar surface area (TPSA) is 83.9 Å². The largest absolute Gasteiger partial charge is 0.495 e. The van der Waals surface area contributed by atoms with Crippen molar-refractivity contribution in [1.29, 1.82) is 0 Å². The summed E-state index contributed by atoms with van der Waals surface area (Å²) < 4.78 is 31.8. The second-order valence-corrected chi connectivity index (χ2v) is 6.87. The van der Waals surface area contributed by atoms with E-state index in [0.717, 1.165) is 5.56 Å². The first-order valence-corrected chi connectivity index (χ1v) is 8.02. The van der Waals surface area contributed by atoms with Crippen molar-refractivity contribution in [1.82, 2.24) is 4.31 Å². The van der Waals surface area contributed by atoms with Gasteiger partial charge in [0.1, 0.15) is 10.6 Å². The van der Waals surface area contributed by atoms with Crippen molar-refractivity contribution in [2.75, 3.05) is 13.7 Å². The van der Waals surface area contributed by atoms with Gasteiger partial charge in [0, 0.05) is 12.6 Å². The highest BCUT2D eigenvalue weighted by Crippen LogP contribution is 2.28. The van der Waals surface area contributed by atoms with Crippen LogP contribution < -0.4 is 4.74 Å². The van der Waals surface area contributed by atoms with Crippen molar-refractivity contribution in [2.24, 2.45) is 0 Å². The van der Waals surface area contributed by atoms with E-state index >= 15 is 0 Å². The van der Waals surface area contributed by atoms with Crippen LogP contribution in [0.3, 0.4) is 0 Å². The Hall–Kier alpha value is -1.60. The van der Waals surface area contributed by atoms with Crippen LogP contribution in [0, 0.1) is 6.92 Å². The summed E-state index contributed by atoms with van der Waals surface area (Å²) in [5, 5.41) is 8.78. The molecule has 0 aliphatic rings. The van der Waals surface area contributed by atoms with E-state index in [2.05, 4.69) is 0 Å². The molecule has 7 heteroatoms. The molecule has 0 spiro atoms. The molecule has 0 aliphatic carbocycles. The van der Waals surface area contributed by atoms with E-state index in [0.29, 0.717) is 0 Å². The second-order valence-electron chi connectivity index (χ2n) is 5.01. The van der Waals surface area contributed by atoms with Gasteiger partial charge in [0.15, 0.2) is 0 Å². The van der Waals surface area contributed by atoms with Gasteiger partial charge in [0.05, 0.1) is 13.5 Å². The quantitative estimate of drug-likeness (QED) is 0.830. The lowest BCUT2D eigenvalue weighted by atomic mass is 10.2. The summed E-state index contributed by atoms with van der Waals surface area (Å²) in [6.07, 6.45) is -0.245. The molecule has 1 aromatic rings. The average Bonchev–Trinajstić information content (AvgIpc) is 2.37. The van der Waals surface area contributed by atoms with Gasteiger partial charge in [0.2, 0.25) is 10.0 Å². The Bertz CT molecular complexity index is 610. The number of sulfonamides is 1. The lowest BCUT2D eigenvalue weighted by molar-refractivity contribution is -0.137. The van der Waals surface area contributed by atoms with Crippen LogP contribution in [0.25, 0.3) is 0 Å². The van der Waals surface area contributed by atoms with Gasteiger partial charge in [-0.1, -0.05) is 6.07 Å². The highest BCUT2D eigenvalue weighted by atomic mass is 32.2. The Kier molecular flexibility index (Phi) is 5.74. The molecule has 1 rings (SSSR count). The normalized spacial score (nSPS) is 11.9. The molecule has 0 heterocycles. The molecule has 0 saturated heterocycles. The summed E-state index contributed by atoms with van der Waals surface area (Å²) >= 11 is 0. The molecule has 0 aliphatic heterocycles. The number of carbonyl (C=O) groups is 1. The number of aryl methyl sites for hydroxylation is 1. The molecule has 0 amide bonds. The zero-order valence-electron chi connectivity index (χ0n) is 12.7. The number of ether oxygens (including phenoxy) is 1. The van der Waals surface area contributed by atoms with Crippen molar-refractivity contribution in [3.05, 3.63) is 23.8 Å². The third-order valence-electron chi connectivity index (χ3n) is 3.03. The van der Waals surface area contributed by atoms with Crippen molar-refractivity contribution in [3.8, 4) is 5.75 Å². The number of methoxy groups -OCH3 is 1. The fraction of sp³-hybridized carbons (Fsp3) is 0.500.